The fourth-order valence-corrected chi connectivity index (χ4v) is 9.13. The van der Waals surface area contributed by atoms with E-state index in [1.807, 2.05) is 0 Å². The van der Waals surface area contributed by atoms with Crippen molar-refractivity contribution >= 4 is 23.9 Å². The summed E-state index contributed by atoms with van der Waals surface area (Å²) < 4.78 is 28.5. The summed E-state index contributed by atoms with van der Waals surface area (Å²) in [6, 6.07) is 0. The van der Waals surface area contributed by atoms with Crippen LogP contribution in [0.5, 0.6) is 0 Å². The lowest BCUT2D eigenvalue weighted by Gasteiger charge is -2.40. The lowest BCUT2D eigenvalue weighted by molar-refractivity contribution is -0.301. The van der Waals surface area contributed by atoms with Crippen molar-refractivity contribution in [3.8, 4) is 0 Å². The molecule has 452 valence electrons. The second-order valence-electron chi connectivity index (χ2n) is 21.3. The van der Waals surface area contributed by atoms with Gasteiger partial charge in [-0.15, -0.1) is 0 Å². The third-order valence-electron chi connectivity index (χ3n) is 14.0. The van der Waals surface area contributed by atoms with Crippen LogP contribution < -0.4 is 0 Å². The Morgan fingerprint density at radius 1 is 0.430 bits per heavy atom. The molecule has 0 aromatic rings. The molecule has 6 unspecified atom stereocenters. The van der Waals surface area contributed by atoms with Crippen LogP contribution in [0.1, 0.15) is 265 Å². The molecule has 1 fully saturated rings. The summed E-state index contributed by atoms with van der Waals surface area (Å²) >= 11 is 0. The number of hydrogen-bond acceptors (Lipinski definition) is 11. The van der Waals surface area contributed by atoms with Crippen LogP contribution in [-0.4, -0.2) is 89.2 Å². The minimum atomic E-state index is -1.91. The molecule has 0 bridgehead atoms. The first-order valence-corrected chi connectivity index (χ1v) is 31.6. The van der Waals surface area contributed by atoms with Crippen LogP contribution in [0.15, 0.2) is 85.1 Å². The molecule has 6 atom stereocenters. The van der Waals surface area contributed by atoms with Gasteiger partial charge in [0.15, 0.2) is 24.6 Å². The molecule has 0 aromatic heterocycles. The topological polar surface area (TPSA) is 175 Å². The van der Waals surface area contributed by atoms with Gasteiger partial charge < -0.3 is 39.0 Å². The Morgan fingerprint density at radius 2 is 0.797 bits per heavy atom. The summed E-state index contributed by atoms with van der Waals surface area (Å²) in [5.74, 6) is -3.15. The number of aliphatic hydroxyl groups is 2. The van der Waals surface area contributed by atoms with Crippen molar-refractivity contribution in [2.24, 2.45) is 0 Å². The fourth-order valence-electron chi connectivity index (χ4n) is 9.13. The van der Waals surface area contributed by atoms with Crippen LogP contribution in [0.25, 0.3) is 0 Å². The molecular formula is C67H112O12. The lowest BCUT2D eigenvalue weighted by Crippen LogP contribution is -2.61. The number of carbonyl (C=O) groups is 4. The monoisotopic (exact) mass is 1110 g/mol. The van der Waals surface area contributed by atoms with Crippen molar-refractivity contribution in [2.75, 3.05) is 13.2 Å². The number of aliphatic hydroxyl groups excluding tert-OH is 2. The molecule has 0 spiro atoms. The van der Waals surface area contributed by atoms with Crippen LogP contribution in [0.2, 0.25) is 0 Å². The second-order valence-corrected chi connectivity index (χ2v) is 21.3. The summed E-state index contributed by atoms with van der Waals surface area (Å²) in [6.07, 6.45) is 58.3. The van der Waals surface area contributed by atoms with Gasteiger partial charge in [0.05, 0.1) is 6.61 Å². The molecule has 1 saturated heterocycles. The first-order chi connectivity index (χ1) is 38.6. The van der Waals surface area contributed by atoms with E-state index in [1.165, 1.54) is 70.6 Å². The maximum atomic E-state index is 13.1. The van der Waals surface area contributed by atoms with E-state index in [-0.39, 0.29) is 25.9 Å². The zero-order valence-corrected chi connectivity index (χ0v) is 49.8. The first kappa shape index (κ1) is 72.9. The number of carboxylic acid groups (broad SMARTS) is 1. The van der Waals surface area contributed by atoms with Crippen molar-refractivity contribution in [1.29, 1.82) is 0 Å². The van der Waals surface area contributed by atoms with Crippen molar-refractivity contribution in [3.05, 3.63) is 85.1 Å². The van der Waals surface area contributed by atoms with Gasteiger partial charge in [0.25, 0.3) is 0 Å². The normalized spacial score (nSPS) is 18.4. The maximum Gasteiger partial charge on any atom is 0.335 e. The molecule has 0 radical (unpaired) electrons. The van der Waals surface area contributed by atoms with E-state index in [9.17, 15) is 34.5 Å². The fraction of sp³-hybridized carbons (Fsp3) is 0.731. The van der Waals surface area contributed by atoms with E-state index in [2.05, 4.69) is 106 Å². The number of carboxylic acids is 1. The van der Waals surface area contributed by atoms with Crippen molar-refractivity contribution in [2.45, 2.75) is 302 Å². The van der Waals surface area contributed by atoms with Gasteiger partial charge in [0.1, 0.15) is 18.8 Å². The van der Waals surface area contributed by atoms with Crippen LogP contribution in [0, 0.1) is 0 Å². The van der Waals surface area contributed by atoms with E-state index >= 15 is 0 Å². The number of unbranched alkanes of at least 4 members (excludes halogenated alkanes) is 25. The van der Waals surface area contributed by atoms with Gasteiger partial charge in [-0.3, -0.25) is 14.4 Å². The molecule has 1 heterocycles. The first-order valence-electron chi connectivity index (χ1n) is 31.6. The van der Waals surface area contributed by atoms with Crippen molar-refractivity contribution in [1.82, 2.24) is 0 Å². The Bertz CT molecular complexity index is 1700. The molecular weight excluding hydrogens is 997 g/mol. The number of hydrogen-bond donors (Lipinski definition) is 3. The Morgan fingerprint density at radius 3 is 1.24 bits per heavy atom. The number of esters is 3. The Kier molecular flexibility index (Phi) is 50.3. The Labute approximate surface area is 480 Å². The van der Waals surface area contributed by atoms with Gasteiger partial charge >= 0.3 is 23.9 Å². The predicted molar refractivity (Wildman–Crippen MR) is 321 cm³/mol. The molecule has 1 aliphatic rings. The van der Waals surface area contributed by atoms with E-state index < -0.39 is 67.3 Å². The molecule has 0 amide bonds. The Balaban J connectivity index is 2.65. The largest absolute Gasteiger partial charge is 0.479 e. The van der Waals surface area contributed by atoms with E-state index in [0.29, 0.717) is 19.3 Å². The van der Waals surface area contributed by atoms with Gasteiger partial charge in [-0.2, -0.15) is 0 Å². The summed E-state index contributed by atoms with van der Waals surface area (Å²) in [5, 5.41) is 31.5. The predicted octanol–water partition coefficient (Wildman–Crippen LogP) is 16.7. The van der Waals surface area contributed by atoms with Gasteiger partial charge in [0, 0.05) is 19.3 Å². The lowest BCUT2D eigenvalue weighted by atomic mass is 9.98. The number of allylic oxidation sites excluding steroid dienone is 14. The molecule has 0 saturated carbocycles. The minimum absolute atomic E-state index is 0.0411. The molecule has 1 rings (SSSR count). The zero-order valence-electron chi connectivity index (χ0n) is 49.8. The molecule has 12 heteroatoms. The average Bonchev–Trinajstić information content (AvgIpc) is 3.43. The number of aliphatic carboxylic acids is 1. The number of ether oxygens (including phenoxy) is 5. The smallest absolute Gasteiger partial charge is 0.335 e. The maximum absolute atomic E-state index is 13.1. The van der Waals surface area contributed by atoms with Gasteiger partial charge in [0.2, 0.25) is 0 Å². The molecule has 0 aliphatic carbocycles. The summed E-state index contributed by atoms with van der Waals surface area (Å²) in [4.78, 5) is 51.2. The highest BCUT2D eigenvalue weighted by Crippen LogP contribution is 2.26. The molecule has 12 nitrogen and oxygen atoms in total. The van der Waals surface area contributed by atoms with Gasteiger partial charge in [-0.05, 0) is 96.3 Å². The average molecular weight is 1110 g/mol. The van der Waals surface area contributed by atoms with Crippen LogP contribution in [0.3, 0.4) is 0 Å². The van der Waals surface area contributed by atoms with Crippen LogP contribution in [-0.2, 0) is 42.9 Å². The summed E-state index contributed by atoms with van der Waals surface area (Å²) in [6.45, 7) is 5.84. The zero-order chi connectivity index (χ0) is 57.5. The third kappa shape index (κ3) is 44.3. The molecule has 3 N–H and O–H groups in total. The summed E-state index contributed by atoms with van der Waals surface area (Å²) in [7, 11) is 0. The molecule has 0 aromatic carbocycles. The van der Waals surface area contributed by atoms with Gasteiger partial charge in [-0.25, -0.2) is 4.79 Å². The summed E-state index contributed by atoms with van der Waals surface area (Å²) in [5.41, 5.74) is 0. The molecule has 1 aliphatic heterocycles. The third-order valence-corrected chi connectivity index (χ3v) is 14.0. The van der Waals surface area contributed by atoms with Gasteiger partial charge in [-0.1, -0.05) is 234 Å². The minimum Gasteiger partial charge on any atom is -0.479 e. The van der Waals surface area contributed by atoms with Crippen LogP contribution in [0.4, 0.5) is 0 Å². The second kappa shape index (κ2) is 54.5. The highest BCUT2D eigenvalue weighted by atomic mass is 16.7. The molecule has 79 heavy (non-hydrogen) atoms. The van der Waals surface area contributed by atoms with E-state index in [4.69, 9.17) is 23.7 Å². The number of carbonyl (C=O) groups excluding carboxylic acids is 3. The highest BCUT2D eigenvalue weighted by molar-refractivity contribution is 5.74. The van der Waals surface area contributed by atoms with Crippen molar-refractivity contribution < 1.29 is 58.2 Å². The van der Waals surface area contributed by atoms with Crippen molar-refractivity contribution in [3.63, 3.8) is 0 Å². The standard InChI is InChI=1S/C67H112O12/c1-4-7-10-13-16-19-22-24-26-28-30-32-34-36-39-41-44-47-50-53-59(68)75-56-58(77-60(69)54-51-48-45-42-38-21-18-15-12-9-6-3)57-76-67-65(63(72)62(71)64(79-67)66(73)74)78-61(70)55-52-49-46-43-40-37-35-33-31-29-27-25-23-20-17-14-11-8-5-2/h8,11,16-17,19-20,24-27,30-33,58,62-65,67,71-72H,4-7,9-10,12-15,18,21-23,28-29,34-57H2,1-3H3,(H,73,74)/b11-8-,19-16-,20-17-,26-24-,27-25-,32-30-,33-31-. The van der Waals surface area contributed by atoms with E-state index in [0.717, 1.165) is 135 Å². The van der Waals surface area contributed by atoms with Crippen LogP contribution >= 0.6 is 0 Å². The SMILES string of the molecule is CC/C=C\C/C=C\C/C=C\C/C=C\CCCCCCCCC(=O)OC1C(OCC(COC(=O)CCCCCCCC/C=C\C/C=C\C/C=C\CCCCC)OC(=O)CCCCCCCCCCCCC)OC(C(=O)O)C(O)C1O. The highest BCUT2D eigenvalue weighted by Gasteiger charge is 2.50. The number of rotatable bonds is 53. The quantitative estimate of drug-likeness (QED) is 0.0228. The Hall–Kier alpha value is -4.10. The van der Waals surface area contributed by atoms with E-state index in [1.54, 1.807) is 0 Å².